The third-order valence-electron chi connectivity index (χ3n) is 6.00. The second kappa shape index (κ2) is 11.2. The number of rotatable bonds is 8. The topological polar surface area (TPSA) is 32.3 Å². The molecule has 0 spiro atoms. The largest absolute Gasteiger partial charge is 0.355 e. The molecule has 6 heteroatoms. The van der Waals surface area contributed by atoms with Crippen LogP contribution in [0.1, 0.15) is 24.0 Å². The first-order chi connectivity index (χ1) is 15.6. The summed E-state index contributed by atoms with van der Waals surface area (Å²) in [7, 11) is 0. The second-order valence-corrected chi connectivity index (χ2v) is 9.77. The van der Waals surface area contributed by atoms with E-state index in [1.807, 2.05) is 0 Å². The van der Waals surface area contributed by atoms with Gasteiger partial charge in [-0.25, -0.2) is 4.39 Å². The Morgan fingerprint density at radius 3 is 2.81 bits per heavy atom. The number of benzene rings is 3. The van der Waals surface area contributed by atoms with Crippen molar-refractivity contribution in [3.8, 4) is 0 Å². The van der Waals surface area contributed by atoms with E-state index < -0.39 is 0 Å². The second-order valence-electron chi connectivity index (χ2n) is 8.26. The fourth-order valence-corrected chi connectivity index (χ4v) is 5.52. The zero-order valence-electron chi connectivity index (χ0n) is 18.0. The quantitative estimate of drug-likeness (QED) is 0.416. The molecule has 3 nitrogen and oxygen atoms in total. The van der Waals surface area contributed by atoms with Crippen LogP contribution in [0.4, 0.5) is 4.39 Å². The molecule has 1 fully saturated rings. The first-order valence-electron chi connectivity index (χ1n) is 11.1. The van der Waals surface area contributed by atoms with Crippen LogP contribution in [0.15, 0.2) is 60.7 Å². The molecule has 1 aliphatic heterocycles. The number of carbonyl (C=O) groups is 1. The zero-order chi connectivity index (χ0) is 22.3. The number of thioether (sulfide) groups is 1. The van der Waals surface area contributed by atoms with Crippen LogP contribution in [0.3, 0.4) is 0 Å². The molecular formula is C26H28ClFN2OS. The third kappa shape index (κ3) is 5.83. The van der Waals surface area contributed by atoms with Crippen LogP contribution in [0, 0.1) is 11.7 Å². The molecule has 32 heavy (non-hydrogen) atoms. The number of hydrogen-bond donors (Lipinski definition) is 1. The van der Waals surface area contributed by atoms with E-state index in [0.29, 0.717) is 22.9 Å². The standard InChI is InChI=1S/C26H28ClFN2OS/c27-24-11-4-12-25(28)23(24)18-32-15-13-29-26(31)21-9-5-14-30(17-21)16-20-8-3-7-19-6-1-2-10-22(19)20/h1-4,6-8,10-12,21H,5,9,13-18H2,(H,29,31). The predicted molar refractivity (Wildman–Crippen MR) is 133 cm³/mol. The van der Waals surface area contributed by atoms with Gasteiger partial charge in [0.05, 0.1) is 5.92 Å². The van der Waals surface area contributed by atoms with Crippen LogP contribution in [-0.2, 0) is 17.1 Å². The van der Waals surface area contributed by atoms with Gasteiger partial charge in [-0.05, 0) is 47.9 Å². The van der Waals surface area contributed by atoms with Gasteiger partial charge in [0.25, 0.3) is 0 Å². The lowest BCUT2D eigenvalue weighted by molar-refractivity contribution is -0.126. The maximum Gasteiger partial charge on any atom is 0.224 e. The molecule has 168 valence electrons. The Morgan fingerprint density at radius 1 is 1.12 bits per heavy atom. The molecule has 3 aromatic carbocycles. The average molecular weight is 471 g/mol. The Kier molecular flexibility index (Phi) is 8.06. The molecule has 1 amide bonds. The van der Waals surface area contributed by atoms with E-state index in [1.54, 1.807) is 23.9 Å². The minimum absolute atomic E-state index is 0.0183. The molecule has 0 radical (unpaired) electrons. The van der Waals surface area contributed by atoms with Gasteiger partial charge >= 0.3 is 0 Å². The van der Waals surface area contributed by atoms with Crippen LogP contribution in [-0.4, -0.2) is 36.2 Å². The molecule has 4 rings (SSSR count). The highest BCUT2D eigenvalue weighted by Crippen LogP contribution is 2.25. The van der Waals surface area contributed by atoms with Crippen LogP contribution in [0.2, 0.25) is 5.02 Å². The van der Waals surface area contributed by atoms with Crippen molar-refractivity contribution in [1.29, 1.82) is 0 Å². The first-order valence-corrected chi connectivity index (χ1v) is 12.6. The maximum absolute atomic E-state index is 13.8. The molecule has 0 bridgehead atoms. The average Bonchev–Trinajstić information content (AvgIpc) is 2.81. The van der Waals surface area contributed by atoms with E-state index in [4.69, 9.17) is 11.6 Å². The molecule has 1 heterocycles. The molecule has 3 aromatic rings. The van der Waals surface area contributed by atoms with Crippen LogP contribution >= 0.6 is 23.4 Å². The number of likely N-dealkylation sites (tertiary alicyclic amines) is 1. The highest BCUT2D eigenvalue weighted by atomic mass is 35.5. The van der Waals surface area contributed by atoms with Crippen molar-refractivity contribution >= 4 is 40.0 Å². The summed E-state index contributed by atoms with van der Waals surface area (Å²) in [5, 5.41) is 6.06. The molecule has 1 saturated heterocycles. The molecule has 1 N–H and O–H groups in total. The highest BCUT2D eigenvalue weighted by molar-refractivity contribution is 7.98. The normalized spacial score (nSPS) is 16.9. The van der Waals surface area contributed by atoms with Crippen molar-refractivity contribution in [3.05, 3.63) is 82.6 Å². The van der Waals surface area contributed by atoms with Gasteiger partial charge in [0, 0.05) is 41.7 Å². The lowest BCUT2D eigenvalue weighted by Crippen LogP contribution is -2.43. The van der Waals surface area contributed by atoms with Crippen LogP contribution in [0.5, 0.6) is 0 Å². The van der Waals surface area contributed by atoms with E-state index in [1.165, 1.54) is 22.4 Å². The van der Waals surface area contributed by atoms with Crippen molar-refractivity contribution in [1.82, 2.24) is 10.2 Å². The van der Waals surface area contributed by atoms with Gasteiger partial charge in [-0.1, -0.05) is 60.1 Å². The molecule has 1 atom stereocenters. The fourth-order valence-electron chi connectivity index (χ4n) is 4.32. The number of piperidine rings is 1. The smallest absolute Gasteiger partial charge is 0.224 e. The molecule has 0 saturated carbocycles. The minimum atomic E-state index is -0.275. The third-order valence-corrected chi connectivity index (χ3v) is 7.34. The van der Waals surface area contributed by atoms with E-state index in [0.717, 1.165) is 38.2 Å². The summed E-state index contributed by atoms with van der Waals surface area (Å²) in [6.07, 6.45) is 1.96. The summed E-state index contributed by atoms with van der Waals surface area (Å²) in [5.74, 6) is 1.09. The van der Waals surface area contributed by atoms with Gasteiger partial charge in [0.15, 0.2) is 0 Å². The van der Waals surface area contributed by atoms with E-state index >= 15 is 0 Å². The zero-order valence-corrected chi connectivity index (χ0v) is 19.6. The fraction of sp³-hybridized carbons (Fsp3) is 0.346. The van der Waals surface area contributed by atoms with Gasteiger partial charge in [-0.15, -0.1) is 0 Å². The minimum Gasteiger partial charge on any atom is -0.355 e. The van der Waals surface area contributed by atoms with Gasteiger partial charge in [-0.3, -0.25) is 9.69 Å². The van der Waals surface area contributed by atoms with Crippen molar-refractivity contribution < 1.29 is 9.18 Å². The Balaban J connectivity index is 1.24. The predicted octanol–water partition coefficient (Wildman–Crippen LogP) is 5.89. The molecular weight excluding hydrogens is 443 g/mol. The Bertz CT molecular complexity index is 1050. The highest BCUT2D eigenvalue weighted by Gasteiger charge is 2.25. The lowest BCUT2D eigenvalue weighted by atomic mass is 9.96. The molecule has 0 aromatic heterocycles. The Labute approximate surface area is 198 Å². The first kappa shape index (κ1) is 23.1. The van der Waals surface area contributed by atoms with Crippen molar-refractivity contribution in [2.45, 2.75) is 25.1 Å². The monoisotopic (exact) mass is 470 g/mol. The molecule has 1 unspecified atom stereocenters. The summed E-state index contributed by atoms with van der Waals surface area (Å²) >= 11 is 7.65. The maximum atomic E-state index is 13.8. The van der Waals surface area contributed by atoms with Gasteiger partial charge in [-0.2, -0.15) is 11.8 Å². The number of hydrogen-bond acceptors (Lipinski definition) is 3. The Hall–Kier alpha value is -2.08. The SMILES string of the molecule is O=C(NCCSCc1c(F)cccc1Cl)C1CCCN(Cc2cccc3ccccc23)C1. The van der Waals surface area contributed by atoms with Crippen molar-refractivity contribution in [3.63, 3.8) is 0 Å². The van der Waals surface area contributed by atoms with Crippen LogP contribution < -0.4 is 5.32 Å². The lowest BCUT2D eigenvalue weighted by Gasteiger charge is -2.32. The summed E-state index contributed by atoms with van der Waals surface area (Å²) < 4.78 is 13.8. The number of fused-ring (bicyclic) bond motifs is 1. The molecule has 1 aliphatic rings. The van der Waals surface area contributed by atoms with E-state index in [-0.39, 0.29) is 17.6 Å². The number of nitrogens with one attached hydrogen (secondary N) is 1. The number of amides is 1. The van der Waals surface area contributed by atoms with Crippen molar-refractivity contribution in [2.24, 2.45) is 5.92 Å². The van der Waals surface area contributed by atoms with Gasteiger partial charge in [0.2, 0.25) is 5.91 Å². The summed E-state index contributed by atoms with van der Waals surface area (Å²) in [6.45, 7) is 3.25. The summed E-state index contributed by atoms with van der Waals surface area (Å²) in [5.41, 5.74) is 1.84. The summed E-state index contributed by atoms with van der Waals surface area (Å²) in [4.78, 5) is 15.1. The Morgan fingerprint density at radius 2 is 1.94 bits per heavy atom. The van der Waals surface area contributed by atoms with Crippen LogP contribution in [0.25, 0.3) is 10.8 Å². The van der Waals surface area contributed by atoms with E-state index in [9.17, 15) is 9.18 Å². The summed E-state index contributed by atoms with van der Waals surface area (Å²) in [6, 6.07) is 19.6. The van der Waals surface area contributed by atoms with Gasteiger partial charge in [0.1, 0.15) is 5.82 Å². The number of nitrogens with zero attached hydrogens (tertiary/aromatic N) is 1. The van der Waals surface area contributed by atoms with Gasteiger partial charge < -0.3 is 5.32 Å². The molecule has 0 aliphatic carbocycles. The van der Waals surface area contributed by atoms with Crippen molar-refractivity contribution in [2.75, 3.05) is 25.4 Å². The van der Waals surface area contributed by atoms with E-state index in [2.05, 4.69) is 52.7 Å². The number of carbonyl (C=O) groups excluding carboxylic acids is 1. The number of halogens is 2.